The zero-order chi connectivity index (χ0) is 45.1. The minimum absolute atomic E-state index is 0.146. The van der Waals surface area contributed by atoms with Crippen LogP contribution < -0.4 is 4.74 Å². The number of aliphatic hydroxyl groups is 2. The molecule has 2 atom stereocenters. The second-order valence-corrected chi connectivity index (χ2v) is 16.5. The van der Waals surface area contributed by atoms with E-state index < -0.39 is 10.8 Å². The predicted molar refractivity (Wildman–Crippen MR) is 266 cm³/mol. The van der Waals surface area contributed by atoms with Crippen LogP contribution in [0.25, 0.3) is 34.6 Å². The molecule has 0 aliphatic heterocycles. The molecular formula is C62H46O4. The Morgan fingerprint density at radius 2 is 0.909 bits per heavy atom. The summed E-state index contributed by atoms with van der Waals surface area (Å²) in [6.07, 6.45) is 4.17. The van der Waals surface area contributed by atoms with Gasteiger partial charge in [0.25, 0.3) is 0 Å². The van der Waals surface area contributed by atoms with Crippen LogP contribution in [-0.2, 0) is 22.2 Å². The fraction of sp³-hybridized carbons (Fsp3) is 0.0968. The maximum absolute atomic E-state index is 11.4. The van der Waals surface area contributed by atoms with Gasteiger partial charge in [-0.2, -0.15) is 0 Å². The highest BCUT2D eigenvalue weighted by molar-refractivity contribution is 5.91. The Labute approximate surface area is 386 Å². The molecule has 0 radical (unpaired) electrons. The van der Waals surface area contributed by atoms with Crippen molar-refractivity contribution in [2.75, 3.05) is 20.8 Å². The second-order valence-electron chi connectivity index (χ2n) is 16.5. The smallest absolute Gasteiger partial charge is 0.127 e. The Hall–Kier alpha value is -8.12. The topological polar surface area (TPSA) is 58.9 Å². The van der Waals surface area contributed by atoms with Gasteiger partial charge in [-0.05, 0) is 121 Å². The third-order valence-electron chi connectivity index (χ3n) is 13.0. The van der Waals surface area contributed by atoms with E-state index in [-0.39, 0.29) is 13.2 Å². The summed E-state index contributed by atoms with van der Waals surface area (Å²) < 4.78 is 12.5. The Bertz CT molecular complexity index is 3100. The first-order valence-electron chi connectivity index (χ1n) is 22.1. The first-order chi connectivity index (χ1) is 32.5. The molecule has 0 heterocycles. The second kappa shape index (κ2) is 17.8. The van der Waals surface area contributed by atoms with E-state index >= 15 is 0 Å². The fourth-order valence-corrected chi connectivity index (χ4v) is 9.90. The lowest BCUT2D eigenvalue weighted by atomic mass is 9.66. The molecule has 0 saturated carbocycles. The Kier molecular flexibility index (Phi) is 11.3. The summed E-state index contributed by atoms with van der Waals surface area (Å²) in [6, 6.07) is 65.9. The lowest BCUT2D eigenvalue weighted by molar-refractivity contribution is 0.280. The molecule has 0 amide bonds. The number of aliphatic hydroxyl groups excluding tert-OH is 2. The van der Waals surface area contributed by atoms with Crippen LogP contribution >= 0.6 is 0 Å². The monoisotopic (exact) mass is 854 g/mol. The number of hydrogen-bond donors (Lipinski definition) is 2. The minimum Gasteiger partial charge on any atom is -0.496 e. The zero-order valence-electron chi connectivity index (χ0n) is 36.8. The van der Waals surface area contributed by atoms with Gasteiger partial charge in [-0.15, -0.1) is 0 Å². The van der Waals surface area contributed by atoms with Gasteiger partial charge in [0.2, 0.25) is 0 Å². The number of benzene rings is 8. The van der Waals surface area contributed by atoms with Crippen molar-refractivity contribution in [1.29, 1.82) is 0 Å². The highest BCUT2D eigenvalue weighted by Gasteiger charge is 2.44. The number of hydrogen-bond acceptors (Lipinski definition) is 4. The fourth-order valence-electron chi connectivity index (χ4n) is 9.90. The van der Waals surface area contributed by atoms with Gasteiger partial charge in [0.1, 0.15) is 22.3 Å². The number of fused-ring (bicyclic) bond motifs is 4. The number of ether oxygens (including phenoxy) is 2. The molecule has 318 valence electrons. The van der Waals surface area contributed by atoms with Crippen molar-refractivity contribution in [3.63, 3.8) is 0 Å². The van der Waals surface area contributed by atoms with E-state index in [1.807, 2.05) is 109 Å². The van der Waals surface area contributed by atoms with Crippen LogP contribution in [0.4, 0.5) is 0 Å². The molecule has 2 aliphatic carbocycles. The lowest BCUT2D eigenvalue weighted by Crippen LogP contribution is -2.31. The van der Waals surface area contributed by atoms with E-state index in [1.54, 1.807) is 14.2 Å². The molecule has 8 aromatic rings. The molecule has 0 bridgehead atoms. The summed E-state index contributed by atoms with van der Waals surface area (Å²) in [5.74, 6) is 16.3. The van der Waals surface area contributed by atoms with Crippen LogP contribution in [0.15, 0.2) is 194 Å². The lowest BCUT2D eigenvalue weighted by Gasteiger charge is -2.35. The van der Waals surface area contributed by atoms with Gasteiger partial charge in [-0.25, -0.2) is 0 Å². The van der Waals surface area contributed by atoms with E-state index in [1.165, 1.54) is 0 Å². The molecule has 2 aliphatic rings. The van der Waals surface area contributed by atoms with Gasteiger partial charge in [-0.1, -0.05) is 175 Å². The molecule has 8 aromatic carbocycles. The van der Waals surface area contributed by atoms with Gasteiger partial charge in [0, 0.05) is 22.3 Å². The van der Waals surface area contributed by atoms with Gasteiger partial charge < -0.3 is 19.7 Å². The normalized spacial score (nSPS) is 16.7. The summed E-state index contributed by atoms with van der Waals surface area (Å²) in [5.41, 5.74) is 12.3. The van der Waals surface area contributed by atoms with Crippen LogP contribution in [0.2, 0.25) is 0 Å². The van der Waals surface area contributed by atoms with Crippen molar-refractivity contribution in [3.8, 4) is 40.6 Å². The van der Waals surface area contributed by atoms with Crippen LogP contribution in [-0.4, -0.2) is 31.0 Å². The number of methoxy groups -OCH3 is 2. The average Bonchev–Trinajstić information content (AvgIpc) is 3.59. The third-order valence-corrected chi connectivity index (χ3v) is 13.0. The van der Waals surface area contributed by atoms with Crippen LogP contribution in [0.1, 0.15) is 72.3 Å². The van der Waals surface area contributed by atoms with E-state index in [4.69, 9.17) is 9.47 Å². The first-order valence-corrected chi connectivity index (χ1v) is 22.1. The van der Waals surface area contributed by atoms with Crippen molar-refractivity contribution in [2.24, 2.45) is 0 Å². The van der Waals surface area contributed by atoms with Crippen molar-refractivity contribution in [2.45, 2.75) is 17.4 Å². The largest absolute Gasteiger partial charge is 0.496 e. The van der Waals surface area contributed by atoms with Crippen LogP contribution in [0.3, 0.4) is 0 Å². The summed E-state index contributed by atoms with van der Waals surface area (Å²) >= 11 is 0. The Morgan fingerprint density at radius 3 is 1.48 bits per heavy atom. The van der Waals surface area contributed by atoms with E-state index in [0.29, 0.717) is 5.75 Å². The summed E-state index contributed by atoms with van der Waals surface area (Å²) in [6.45, 7) is -0.355. The summed E-state index contributed by atoms with van der Waals surface area (Å²) in [5, 5.41) is 22.3. The van der Waals surface area contributed by atoms with E-state index in [0.717, 1.165) is 94.8 Å². The van der Waals surface area contributed by atoms with Gasteiger partial charge >= 0.3 is 0 Å². The van der Waals surface area contributed by atoms with Crippen molar-refractivity contribution >= 4 is 23.5 Å². The average molecular weight is 855 g/mol. The third kappa shape index (κ3) is 7.11. The summed E-state index contributed by atoms with van der Waals surface area (Å²) in [4.78, 5) is 0. The summed E-state index contributed by atoms with van der Waals surface area (Å²) in [7, 11) is 3.41. The molecule has 10 rings (SSSR count). The first kappa shape index (κ1) is 41.9. The quantitative estimate of drug-likeness (QED) is 0.157. The maximum atomic E-state index is 11.4. The highest BCUT2D eigenvalue weighted by atomic mass is 16.5. The van der Waals surface area contributed by atoms with Crippen molar-refractivity contribution < 1.29 is 19.7 Å². The van der Waals surface area contributed by atoms with Crippen molar-refractivity contribution in [3.05, 3.63) is 266 Å². The number of rotatable bonds is 7. The van der Waals surface area contributed by atoms with Crippen LogP contribution in [0.5, 0.6) is 5.75 Å². The highest BCUT2D eigenvalue weighted by Crippen LogP contribution is 2.52. The molecule has 4 nitrogen and oxygen atoms in total. The molecule has 2 N–H and O–H groups in total. The van der Waals surface area contributed by atoms with Gasteiger partial charge in [-0.3, -0.25) is 0 Å². The molecule has 2 unspecified atom stereocenters. The molecule has 0 saturated heterocycles. The van der Waals surface area contributed by atoms with Crippen molar-refractivity contribution in [1.82, 2.24) is 0 Å². The van der Waals surface area contributed by atoms with Gasteiger partial charge in [0.15, 0.2) is 0 Å². The molecule has 0 aromatic heterocycles. The standard InChI is InChI=1S/C62H46O4/c1-65-59-32-31-46(39-58(59)62(36-34-44-19-7-4-8-20-44)53-25-13-9-21-47(53)37-50(42-64)51-23-11-15-27-55(51)62)45-29-30-49(41-63)57(38-45)61(35-33-43-17-5-3-6-18-43)54-26-14-10-22-48(54)40-60(66-2)52-24-12-16-28-56(52)61/h3-32,37-40,63-64H,41-42H2,1-2H3. The molecular weight excluding hydrogens is 809 g/mol. The van der Waals surface area contributed by atoms with Crippen LogP contribution in [0, 0.1) is 23.7 Å². The van der Waals surface area contributed by atoms with E-state index in [9.17, 15) is 10.2 Å². The minimum atomic E-state index is -1.07. The van der Waals surface area contributed by atoms with Gasteiger partial charge in [0.05, 0.1) is 27.4 Å². The molecule has 0 spiro atoms. The molecule has 4 heteroatoms. The van der Waals surface area contributed by atoms with E-state index in [2.05, 4.69) is 121 Å². The zero-order valence-corrected chi connectivity index (χ0v) is 36.8. The Balaban J connectivity index is 1.28. The predicted octanol–water partition coefficient (Wildman–Crippen LogP) is 11.9. The maximum Gasteiger partial charge on any atom is 0.127 e. The molecule has 0 fully saturated rings. The Morgan fingerprint density at radius 1 is 0.424 bits per heavy atom. The molecule has 66 heavy (non-hydrogen) atoms. The SMILES string of the molecule is COC1=Cc2ccccc2C(C#Cc2ccccc2)(c2cc(-c3ccc(OC)c(C4(C#Cc5ccccc5)c5ccccc5C=C(CO)c5ccccc54)c3)ccc2CO)c2ccccc21.